The molecular formula is C16H25NO. The molecule has 1 fully saturated rings. The van der Waals surface area contributed by atoms with Gasteiger partial charge in [0.25, 0.3) is 0 Å². The van der Waals surface area contributed by atoms with Crippen LogP contribution in [-0.2, 0) is 11.3 Å². The molecule has 0 radical (unpaired) electrons. The lowest BCUT2D eigenvalue weighted by Gasteiger charge is -2.33. The highest BCUT2D eigenvalue weighted by Gasteiger charge is 2.27. The van der Waals surface area contributed by atoms with E-state index < -0.39 is 0 Å². The van der Waals surface area contributed by atoms with Crippen molar-refractivity contribution in [2.75, 3.05) is 6.61 Å². The number of rotatable bonds is 4. The van der Waals surface area contributed by atoms with Crippen molar-refractivity contribution in [2.24, 2.45) is 5.73 Å². The van der Waals surface area contributed by atoms with Crippen LogP contribution in [0.4, 0.5) is 0 Å². The van der Waals surface area contributed by atoms with E-state index in [2.05, 4.69) is 32.0 Å². The Morgan fingerprint density at radius 3 is 2.33 bits per heavy atom. The Bertz CT molecular complexity index is 374. The van der Waals surface area contributed by atoms with Crippen LogP contribution in [0.2, 0.25) is 0 Å². The molecule has 0 spiro atoms. The van der Waals surface area contributed by atoms with Crippen molar-refractivity contribution in [1.29, 1.82) is 0 Å². The van der Waals surface area contributed by atoms with E-state index in [0.717, 1.165) is 12.8 Å². The molecule has 1 aliphatic carbocycles. The van der Waals surface area contributed by atoms with Gasteiger partial charge in [-0.3, -0.25) is 0 Å². The van der Waals surface area contributed by atoms with Gasteiger partial charge >= 0.3 is 0 Å². The molecule has 0 heterocycles. The fourth-order valence-electron chi connectivity index (χ4n) is 2.83. The molecule has 100 valence electrons. The van der Waals surface area contributed by atoms with Gasteiger partial charge in [-0.05, 0) is 43.4 Å². The van der Waals surface area contributed by atoms with E-state index in [4.69, 9.17) is 10.5 Å². The summed E-state index contributed by atoms with van der Waals surface area (Å²) in [5, 5.41) is 0. The maximum absolute atomic E-state index is 6.37. The summed E-state index contributed by atoms with van der Waals surface area (Å²) in [5.41, 5.74) is 10.2. The van der Waals surface area contributed by atoms with Crippen LogP contribution in [0.25, 0.3) is 0 Å². The molecule has 0 unspecified atom stereocenters. The summed E-state index contributed by atoms with van der Waals surface area (Å²) in [6, 6.07) is 6.38. The fourth-order valence-corrected chi connectivity index (χ4v) is 2.83. The smallest absolute Gasteiger partial charge is 0.0722 e. The number of benzene rings is 1. The minimum atomic E-state index is -0.0746. The summed E-state index contributed by atoms with van der Waals surface area (Å²) in [6.07, 6.45) is 6.06. The number of hydrogen-bond acceptors (Lipinski definition) is 2. The average molecular weight is 247 g/mol. The molecule has 2 N–H and O–H groups in total. The van der Waals surface area contributed by atoms with Gasteiger partial charge in [0.05, 0.1) is 13.2 Å². The molecule has 1 aliphatic rings. The highest BCUT2D eigenvalue weighted by molar-refractivity contribution is 5.32. The number of hydrogen-bond donors (Lipinski definition) is 1. The summed E-state index contributed by atoms with van der Waals surface area (Å²) in [4.78, 5) is 0. The van der Waals surface area contributed by atoms with Gasteiger partial charge in [-0.2, -0.15) is 0 Å². The maximum atomic E-state index is 6.37. The van der Waals surface area contributed by atoms with Crippen molar-refractivity contribution in [3.8, 4) is 0 Å². The highest BCUT2D eigenvalue weighted by atomic mass is 16.5. The number of aryl methyl sites for hydroxylation is 2. The molecule has 1 aromatic carbocycles. The van der Waals surface area contributed by atoms with Crippen molar-refractivity contribution in [3.63, 3.8) is 0 Å². The molecule has 0 bridgehead atoms. The van der Waals surface area contributed by atoms with E-state index >= 15 is 0 Å². The van der Waals surface area contributed by atoms with Crippen LogP contribution in [0.5, 0.6) is 0 Å². The average Bonchev–Trinajstić information content (AvgIpc) is 2.34. The van der Waals surface area contributed by atoms with Gasteiger partial charge in [-0.1, -0.05) is 37.5 Å². The molecule has 0 aliphatic heterocycles. The van der Waals surface area contributed by atoms with Gasteiger partial charge in [0.1, 0.15) is 0 Å². The van der Waals surface area contributed by atoms with Gasteiger partial charge < -0.3 is 10.5 Å². The molecular weight excluding hydrogens is 222 g/mol. The van der Waals surface area contributed by atoms with E-state index in [9.17, 15) is 0 Å². The van der Waals surface area contributed by atoms with Crippen LogP contribution in [0.15, 0.2) is 18.2 Å². The standard InChI is InChI=1S/C16H25NO/c1-13-7-6-8-14(2)15(13)11-18-12-16(17)9-4-3-5-10-16/h6-8H,3-5,9-12,17H2,1-2H3. The summed E-state index contributed by atoms with van der Waals surface area (Å²) in [6.45, 7) is 5.67. The molecule has 1 saturated carbocycles. The summed E-state index contributed by atoms with van der Waals surface area (Å²) >= 11 is 0. The molecule has 2 nitrogen and oxygen atoms in total. The topological polar surface area (TPSA) is 35.2 Å². The Morgan fingerprint density at radius 1 is 1.11 bits per heavy atom. The van der Waals surface area contributed by atoms with Gasteiger partial charge in [0.15, 0.2) is 0 Å². The van der Waals surface area contributed by atoms with Crippen LogP contribution in [0.3, 0.4) is 0 Å². The fraction of sp³-hybridized carbons (Fsp3) is 0.625. The third-order valence-corrected chi connectivity index (χ3v) is 4.13. The molecule has 0 saturated heterocycles. The van der Waals surface area contributed by atoms with Crippen molar-refractivity contribution in [3.05, 3.63) is 34.9 Å². The Labute approximate surface area is 111 Å². The largest absolute Gasteiger partial charge is 0.375 e. The molecule has 0 atom stereocenters. The van der Waals surface area contributed by atoms with Crippen molar-refractivity contribution in [1.82, 2.24) is 0 Å². The van der Waals surface area contributed by atoms with Gasteiger partial charge in [0, 0.05) is 5.54 Å². The number of ether oxygens (including phenoxy) is 1. The number of nitrogens with two attached hydrogens (primary N) is 1. The van der Waals surface area contributed by atoms with Gasteiger partial charge in [-0.25, -0.2) is 0 Å². The SMILES string of the molecule is Cc1cccc(C)c1COCC1(N)CCCCC1. The highest BCUT2D eigenvalue weighted by Crippen LogP contribution is 2.26. The minimum Gasteiger partial charge on any atom is -0.375 e. The van der Waals surface area contributed by atoms with Crippen LogP contribution in [-0.4, -0.2) is 12.1 Å². The molecule has 2 heteroatoms. The second-order valence-corrected chi connectivity index (χ2v) is 5.79. The third-order valence-electron chi connectivity index (χ3n) is 4.13. The second kappa shape index (κ2) is 5.85. The van der Waals surface area contributed by atoms with Crippen molar-refractivity contribution < 1.29 is 4.74 Å². The Hall–Kier alpha value is -0.860. The Morgan fingerprint density at radius 2 is 1.72 bits per heavy atom. The monoisotopic (exact) mass is 247 g/mol. The zero-order chi connectivity index (χ0) is 13.0. The normalized spacial score (nSPS) is 18.8. The summed E-state index contributed by atoms with van der Waals surface area (Å²) in [7, 11) is 0. The Kier molecular flexibility index (Phi) is 4.41. The van der Waals surface area contributed by atoms with Crippen LogP contribution >= 0.6 is 0 Å². The lowest BCUT2D eigenvalue weighted by atomic mass is 9.83. The zero-order valence-corrected chi connectivity index (χ0v) is 11.7. The van der Waals surface area contributed by atoms with Crippen molar-refractivity contribution in [2.45, 2.75) is 58.1 Å². The quantitative estimate of drug-likeness (QED) is 0.884. The van der Waals surface area contributed by atoms with Crippen LogP contribution in [0.1, 0.15) is 48.8 Å². The predicted octanol–water partition coefficient (Wildman–Crippen LogP) is 3.48. The molecule has 0 aromatic heterocycles. The first-order valence-corrected chi connectivity index (χ1v) is 7.02. The predicted molar refractivity (Wildman–Crippen MR) is 75.6 cm³/mol. The first-order valence-electron chi connectivity index (χ1n) is 7.02. The van der Waals surface area contributed by atoms with E-state index in [1.807, 2.05) is 0 Å². The molecule has 0 amide bonds. The molecule has 2 rings (SSSR count). The summed E-state index contributed by atoms with van der Waals surface area (Å²) < 4.78 is 5.90. The van der Waals surface area contributed by atoms with E-state index in [1.54, 1.807) is 0 Å². The summed E-state index contributed by atoms with van der Waals surface area (Å²) in [5.74, 6) is 0. The van der Waals surface area contributed by atoms with Crippen LogP contribution in [0, 0.1) is 13.8 Å². The van der Waals surface area contributed by atoms with Gasteiger partial charge in [0.2, 0.25) is 0 Å². The van der Waals surface area contributed by atoms with E-state index in [0.29, 0.717) is 13.2 Å². The first kappa shape index (κ1) is 13.6. The van der Waals surface area contributed by atoms with E-state index in [-0.39, 0.29) is 5.54 Å². The first-order chi connectivity index (χ1) is 8.61. The van der Waals surface area contributed by atoms with Crippen molar-refractivity contribution >= 4 is 0 Å². The molecule has 18 heavy (non-hydrogen) atoms. The minimum absolute atomic E-state index is 0.0746. The third kappa shape index (κ3) is 3.33. The molecule has 1 aromatic rings. The van der Waals surface area contributed by atoms with E-state index in [1.165, 1.54) is 36.0 Å². The zero-order valence-electron chi connectivity index (χ0n) is 11.7. The Balaban J connectivity index is 1.88. The van der Waals surface area contributed by atoms with Gasteiger partial charge in [-0.15, -0.1) is 0 Å². The lowest BCUT2D eigenvalue weighted by molar-refractivity contribution is 0.0570. The second-order valence-electron chi connectivity index (χ2n) is 5.79. The maximum Gasteiger partial charge on any atom is 0.0722 e. The van der Waals surface area contributed by atoms with Crippen LogP contribution < -0.4 is 5.73 Å². The lowest BCUT2D eigenvalue weighted by Crippen LogP contribution is -2.46.